The zero-order chi connectivity index (χ0) is 18.7. The molecular formula is C20H17ClO5. The first kappa shape index (κ1) is 18.0. The van der Waals surface area contributed by atoms with Crippen molar-refractivity contribution in [2.45, 2.75) is 19.4 Å². The van der Waals surface area contributed by atoms with Gasteiger partial charge < -0.3 is 13.9 Å². The summed E-state index contributed by atoms with van der Waals surface area (Å²) in [7, 11) is 1.57. The maximum absolute atomic E-state index is 12.3. The molecule has 0 N–H and O–H groups in total. The molecule has 2 aromatic carbocycles. The van der Waals surface area contributed by atoms with E-state index in [1.807, 2.05) is 6.07 Å². The summed E-state index contributed by atoms with van der Waals surface area (Å²) in [6, 6.07) is 11.8. The molecule has 0 saturated carbocycles. The number of benzene rings is 2. The molecule has 0 aliphatic heterocycles. The van der Waals surface area contributed by atoms with E-state index in [0.717, 1.165) is 5.39 Å². The lowest BCUT2D eigenvalue weighted by molar-refractivity contribution is -0.145. The summed E-state index contributed by atoms with van der Waals surface area (Å²) in [5.74, 6) is -0.113. The van der Waals surface area contributed by atoms with E-state index in [-0.39, 0.29) is 12.2 Å². The van der Waals surface area contributed by atoms with Crippen LogP contribution in [0.5, 0.6) is 5.75 Å². The van der Waals surface area contributed by atoms with Crippen LogP contribution in [0.3, 0.4) is 0 Å². The van der Waals surface area contributed by atoms with Crippen LogP contribution in [0, 0.1) is 0 Å². The second kappa shape index (κ2) is 7.62. The summed E-state index contributed by atoms with van der Waals surface area (Å²) in [5.41, 5.74) is 1.76. The van der Waals surface area contributed by atoms with Crippen LogP contribution in [0.15, 0.2) is 53.1 Å². The molecule has 0 aliphatic carbocycles. The van der Waals surface area contributed by atoms with Crippen molar-refractivity contribution in [3.8, 4) is 5.75 Å². The van der Waals surface area contributed by atoms with Crippen LogP contribution in [0.4, 0.5) is 0 Å². The lowest BCUT2D eigenvalue weighted by Crippen LogP contribution is -2.25. The molecule has 0 unspecified atom stereocenters. The summed E-state index contributed by atoms with van der Waals surface area (Å²) >= 11 is 5.81. The predicted molar refractivity (Wildman–Crippen MR) is 97.8 cm³/mol. The van der Waals surface area contributed by atoms with E-state index in [9.17, 15) is 9.59 Å². The van der Waals surface area contributed by atoms with Crippen LogP contribution < -0.4 is 4.74 Å². The smallest absolute Gasteiger partial charge is 0.311 e. The number of hydrogen-bond acceptors (Lipinski definition) is 5. The minimum atomic E-state index is -0.887. The summed E-state index contributed by atoms with van der Waals surface area (Å²) in [5, 5.41) is 1.34. The monoisotopic (exact) mass is 372 g/mol. The number of Topliss-reactive ketones (excluding diaryl/α,β-unsaturated/α-hetero) is 1. The maximum atomic E-state index is 12.3. The fourth-order valence-corrected chi connectivity index (χ4v) is 2.75. The van der Waals surface area contributed by atoms with E-state index >= 15 is 0 Å². The van der Waals surface area contributed by atoms with E-state index in [2.05, 4.69) is 0 Å². The van der Waals surface area contributed by atoms with Crippen molar-refractivity contribution in [3.05, 3.63) is 64.9 Å². The molecule has 0 bridgehead atoms. The Morgan fingerprint density at radius 1 is 1.15 bits per heavy atom. The van der Waals surface area contributed by atoms with Crippen molar-refractivity contribution < 1.29 is 23.5 Å². The minimum absolute atomic E-state index is 0.0115. The number of furan rings is 1. The van der Waals surface area contributed by atoms with Gasteiger partial charge >= 0.3 is 5.97 Å². The van der Waals surface area contributed by atoms with Crippen LogP contribution in [0.2, 0.25) is 5.02 Å². The molecule has 0 fully saturated rings. The third kappa shape index (κ3) is 3.89. The summed E-state index contributed by atoms with van der Waals surface area (Å²) in [6.45, 7) is 1.55. The van der Waals surface area contributed by atoms with Crippen LogP contribution >= 0.6 is 11.6 Å². The lowest BCUT2D eigenvalue weighted by atomic mass is 10.1. The fourth-order valence-electron chi connectivity index (χ4n) is 2.62. The molecule has 1 atom stereocenters. The van der Waals surface area contributed by atoms with Gasteiger partial charge in [-0.15, -0.1) is 0 Å². The molecule has 6 heteroatoms. The highest BCUT2D eigenvalue weighted by atomic mass is 35.5. The molecule has 1 aromatic heterocycles. The number of rotatable bonds is 6. The average molecular weight is 373 g/mol. The zero-order valence-electron chi connectivity index (χ0n) is 14.3. The van der Waals surface area contributed by atoms with Crippen molar-refractivity contribution in [1.82, 2.24) is 0 Å². The number of carbonyl (C=O) groups is 2. The van der Waals surface area contributed by atoms with Crippen LogP contribution in [-0.2, 0) is 16.0 Å². The third-order valence-corrected chi connectivity index (χ3v) is 4.26. The van der Waals surface area contributed by atoms with Gasteiger partial charge in [-0.25, -0.2) is 0 Å². The van der Waals surface area contributed by atoms with Crippen LogP contribution in [0.25, 0.3) is 11.0 Å². The SMILES string of the molecule is COc1ccc2c(CC(=O)O[C@H](C)C(=O)c3ccc(Cl)cc3)coc2c1. The Morgan fingerprint density at radius 3 is 2.58 bits per heavy atom. The highest BCUT2D eigenvalue weighted by Crippen LogP contribution is 2.26. The number of fused-ring (bicyclic) bond motifs is 1. The molecule has 0 saturated heterocycles. The molecule has 0 spiro atoms. The van der Waals surface area contributed by atoms with Crippen molar-refractivity contribution in [2.75, 3.05) is 7.11 Å². The van der Waals surface area contributed by atoms with E-state index < -0.39 is 12.1 Å². The van der Waals surface area contributed by atoms with Gasteiger partial charge in [-0.3, -0.25) is 9.59 Å². The van der Waals surface area contributed by atoms with Crippen molar-refractivity contribution in [3.63, 3.8) is 0 Å². The first-order valence-electron chi connectivity index (χ1n) is 8.01. The molecule has 0 radical (unpaired) electrons. The third-order valence-electron chi connectivity index (χ3n) is 4.00. The van der Waals surface area contributed by atoms with Gasteiger partial charge in [0.25, 0.3) is 0 Å². The van der Waals surface area contributed by atoms with Gasteiger partial charge in [0, 0.05) is 27.6 Å². The van der Waals surface area contributed by atoms with Gasteiger partial charge in [-0.05, 0) is 43.3 Å². The second-order valence-electron chi connectivity index (χ2n) is 5.80. The van der Waals surface area contributed by atoms with E-state index in [1.165, 1.54) is 6.26 Å². The highest BCUT2D eigenvalue weighted by molar-refractivity contribution is 6.30. The number of halogens is 1. The van der Waals surface area contributed by atoms with E-state index in [0.29, 0.717) is 27.5 Å². The molecule has 0 amide bonds. The summed E-state index contributed by atoms with van der Waals surface area (Å²) < 4.78 is 15.9. The Morgan fingerprint density at radius 2 is 1.88 bits per heavy atom. The Kier molecular flexibility index (Phi) is 5.28. The summed E-state index contributed by atoms with van der Waals surface area (Å²) in [6.07, 6.45) is 0.635. The Bertz CT molecular complexity index is 942. The molecule has 3 rings (SSSR count). The molecular weight excluding hydrogens is 356 g/mol. The highest BCUT2D eigenvalue weighted by Gasteiger charge is 2.20. The number of hydrogen-bond donors (Lipinski definition) is 0. The second-order valence-corrected chi connectivity index (χ2v) is 6.24. The van der Waals surface area contributed by atoms with Gasteiger partial charge in [0.05, 0.1) is 19.8 Å². The Labute approximate surface area is 155 Å². The zero-order valence-corrected chi connectivity index (χ0v) is 15.1. The van der Waals surface area contributed by atoms with Crippen molar-refractivity contribution >= 4 is 34.3 Å². The number of methoxy groups -OCH3 is 1. The number of ketones is 1. The number of esters is 1. The minimum Gasteiger partial charge on any atom is -0.497 e. The van der Waals surface area contributed by atoms with Gasteiger partial charge in [0.1, 0.15) is 11.3 Å². The van der Waals surface area contributed by atoms with Crippen LogP contribution in [-0.4, -0.2) is 25.0 Å². The first-order valence-corrected chi connectivity index (χ1v) is 8.39. The average Bonchev–Trinajstić information content (AvgIpc) is 3.03. The predicted octanol–water partition coefficient (Wildman–Crippen LogP) is 4.45. The topological polar surface area (TPSA) is 65.7 Å². The van der Waals surface area contributed by atoms with E-state index in [4.69, 9.17) is 25.5 Å². The standard InChI is InChI=1S/C20H17ClO5/c1-12(20(23)13-3-5-15(21)6-4-13)26-19(22)9-14-11-25-18-10-16(24-2)7-8-17(14)18/h3-8,10-12H,9H2,1-2H3/t12-/m1/s1. The first-order chi connectivity index (χ1) is 12.5. The van der Waals surface area contributed by atoms with Crippen molar-refractivity contribution in [2.24, 2.45) is 0 Å². The molecule has 134 valence electrons. The normalized spacial score (nSPS) is 12.0. The fraction of sp³-hybridized carbons (Fsp3) is 0.200. The van der Waals surface area contributed by atoms with Gasteiger partial charge in [0.2, 0.25) is 5.78 Å². The largest absolute Gasteiger partial charge is 0.497 e. The summed E-state index contributed by atoms with van der Waals surface area (Å²) in [4.78, 5) is 24.5. The Balaban J connectivity index is 1.66. The van der Waals surface area contributed by atoms with Crippen LogP contribution in [0.1, 0.15) is 22.8 Å². The molecule has 1 heterocycles. The van der Waals surface area contributed by atoms with Gasteiger partial charge in [-0.1, -0.05) is 11.6 Å². The van der Waals surface area contributed by atoms with Gasteiger partial charge in [-0.2, -0.15) is 0 Å². The van der Waals surface area contributed by atoms with Crippen molar-refractivity contribution in [1.29, 1.82) is 0 Å². The maximum Gasteiger partial charge on any atom is 0.311 e. The molecule has 3 aromatic rings. The van der Waals surface area contributed by atoms with E-state index in [1.54, 1.807) is 50.4 Å². The molecule has 5 nitrogen and oxygen atoms in total. The molecule has 26 heavy (non-hydrogen) atoms. The Hall–Kier alpha value is -2.79. The molecule has 0 aliphatic rings. The number of ether oxygens (including phenoxy) is 2. The lowest BCUT2D eigenvalue weighted by Gasteiger charge is -2.12. The quantitative estimate of drug-likeness (QED) is 0.472. The van der Waals surface area contributed by atoms with Gasteiger partial charge in [0.15, 0.2) is 6.10 Å². The number of carbonyl (C=O) groups excluding carboxylic acids is 2.